The lowest BCUT2D eigenvalue weighted by Gasteiger charge is -2.16. The molecule has 0 bridgehead atoms. The molecule has 1 heterocycles. The lowest BCUT2D eigenvalue weighted by Crippen LogP contribution is -2.04. The van der Waals surface area contributed by atoms with Gasteiger partial charge in [-0.3, -0.25) is 4.79 Å². The van der Waals surface area contributed by atoms with Crippen LogP contribution in [0.5, 0.6) is 17.2 Å². The van der Waals surface area contributed by atoms with Crippen molar-refractivity contribution in [3.8, 4) is 28.6 Å². The van der Waals surface area contributed by atoms with Crippen molar-refractivity contribution in [3.05, 3.63) is 124 Å². The average Bonchev–Trinajstić information content (AvgIpc) is 2.91. The zero-order valence-electron chi connectivity index (χ0n) is 19.3. The molecule has 0 spiro atoms. The van der Waals surface area contributed by atoms with Crippen molar-refractivity contribution in [1.82, 2.24) is 0 Å². The van der Waals surface area contributed by atoms with Crippen molar-refractivity contribution in [1.29, 1.82) is 0 Å². The SMILES string of the molecule is COc1ccc2oc(-c3c(OCc4ccccc4)cccc3OCc3ccccc3)cc(=O)c2c1. The van der Waals surface area contributed by atoms with Crippen LogP contribution in [0.3, 0.4) is 0 Å². The minimum Gasteiger partial charge on any atom is -0.497 e. The quantitative estimate of drug-likeness (QED) is 0.258. The molecule has 4 aromatic carbocycles. The Morgan fingerprint density at radius 1 is 0.686 bits per heavy atom. The van der Waals surface area contributed by atoms with Crippen molar-refractivity contribution >= 4 is 11.0 Å². The van der Waals surface area contributed by atoms with Crippen LogP contribution in [-0.2, 0) is 13.2 Å². The highest BCUT2D eigenvalue weighted by molar-refractivity contribution is 5.82. The first-order valence-electron chi connectivity index (χ1n) is 11.3. The second kappa shape index (κ2) is 10.2. The average molecular weight is 465 g/mol. The largest absolute Gasteiger partial charge is 0.497 e. The Labute approximate surface area is 203 Å². The minimum atomic E-state index is -0.174. The fraction of sp³-hybridized carbons (Fsp3) is 0.100. The first-order valence-corrected chi connectivity index (χ1v) is 11.3. The van der Waals surface area contributed by atoms with E-state index in [1.807, 2.05) is 78.9 Å². The van der Waals surface area contributed by atoms with Gasteiger partial charge in [-0.15, -0.1) is 0 Å². The molecule has 174 valence electrons. The summed E-state index contributed by atoms with van der Waals surface area (Å²) in [5, 5.41) is 0.447. The van der Waals surface area contributed by atoms with Gasteiger partial charge >= 0.3 is 0 Å². The summed E-state index contributed by atoms with van der Waals surface area (Å²) in [7, 11) is 1.56. The highest BCUT2D eigenvalue weighted by atomic mass is 16.5. The zero-order chi connectivity index (χ0) is 24.0. The van der Waals surface area contributed by atoms with E-state index < -0.39 is 0 Å². The van der Waals surface area contributed by atoms with E-state index in [1.165, 1.54) is 6.07 Å². The van der Waals surface area contributed by atoms with E-state index in [9.17, 15) is 4.79 Å². The van der Waals surface area contributed by atoms with Gasteiger partial charge in [0.15, 0.2) is 5.43 Å². The first-order chi connectivity index (χ1) is 17.2. The van der Waals surface area contributed by atoms with Crippen molar-refractivity contribution in [2.24, 2.45) is 0 Å². The van der Waals surface area contributed by atoms with Gasteiger partial charge in [0.25, 0.3) is 0 Å². The van der Waals surface area contributed by atoms with Gasteiger partial charge in [-0.1, -0.05) is 66.7 Å². The number of rotatable bonds is 8. The van der Waals surface area contributed by atoms with Gasteiger partial charge in [0.1, 0.15) is 47.4 Å². The van der Waals surface area contributed by atoms with E-state index in [-0.39, 0.29) is 5.43 Å². The monoisotopic (exact) mass is 464 g/mol. The van der Waals surface area contributed by atoms with E-state index in [0.29, 0.717) is 52.8 Å². The lowest BCUT2D eigenvalue weighted by atomic mass is 10.1. The second-order valence-corrected chi connectivity index (χ2v) is 8.01. The van der Waals surface area contributed by atoms with Crippen LogP contribution < -0.4 is 19.6 Å². The summed E-state index contributed by atoms with van der Waals surface area (Å²) in [5.74, 6) is 2.10. The summed E-state index contributed by atoms with van der Waals surface area (Å²) in [6, 6.07) is 32.0. The molecule has 5 nitrogen and oxygen atoms in total. The molecular weight excluding hydrogens is 440 g/mol. The molecule has 0 aliphatic heterocycles. The molecule has 35 heavy (non-hydrogen) atoms. The number of hydrogen-bond donors (Lipinski definition) is 0. The molecule has 5 heteroatoms. The normalized spacial score (nSPS) is 10.8. The van der Waals surface area contributed by atoms with Crippen LogP contribution in [-0.4, -0.2) is 7.11 Å². The van der Waals surface area contributed by atoms with Gasteiger partial charge in [0.05, 0.1) is 12.5 Å². The maximum atomic E-state index is 13.0. The van der Waals surface area contributed by atoms with Gasteiger partial charge in [-0.2, -0.15) is 0 Å². The van der Waals surface area contributed by atoms with Crippen molar-refractivity contribution in [3.63, 3.8) is 0 Å². The molecule has 0 fully saturated rings. The number of ether oxygens (including phenoxy) is 3. The van der Waals surface area contributed by atoms with E-state index in [4.69, 9.17) is 18.6 Å². The molecule has 5 rings (SSSR count). The summed E-state index contributed by atoms with van der Waals surface area (Å²) in [5.41, 5.74) is 2.93. The molecule has 0 N–H and O–H groups in total. The molecule has 0 saturated carbocycles. The predicted octanol–water partition coefficient (Wildman–Crippen LogP) is 6.63. The number of fused-ring (bicyclic) bond motifs is 1. The van der Waals surface area contributed by atoms with Crippen LogP contribution in [0, 0.1) is 0 Å². The third-order valence-corrected chi connectivity index (χ3v) is 5.64. The van der Waals surface area contributed by atoms with E-state index in [1.54, 1.807) is 25.3 Å². The third-order valence-electron chi connectivity index (χ3n) is 5.64. The van der Waals surface area contributed by atoms with Gasteiger partial charge in [0.2, 0.25) is 0 Å². The minimum absolute atomic E-state index is 0.174. The molecule has 1 aromatic heterocycles. The number of hydrogen-bond acceptors (Lipinski definition) is 5. The fourth-order valence-electron chi connectivity index (χ4n) is 3.85. The molecule has 0 radical (unpaired) electrons. The van der Waals surface area contributed by atoms with Crippen LogP contribution in [0.1, 0.15) is 11.1 Å². The van der Waals surface area contributed by atoms with Crippen LogP contribution in [0.25, 0.3) is 22.3 Å². The molecule has 0 saturated heterocycles. The van der Waals surface area contributed by atoms with Crippen molar-refractivity contribution < 1.29 is 18.6 Å². The molecule has 0 aliphatic carbocycles. The van der Waals surface area contributed by atoms with Gasteiger partial charge < -0.3 is 18.6 Å². The van der Waals surface area contributed by atoms with Gasteiger partial charge in [-0.05, 0) is 41.5 Å². The molecule has 0 atom stereocenters. The standard InChI is InChI=1S/C30H24O5/c1-32-23-15-16-26-24(17-23)25(31)18-29(35-26)30-27(33-19-21-9-4-2-5-10-21)13-8-14-28(30)34-20-22-11-6-3-7-12-22/h2-18H,19-20H2,1H3. The molecule has 0 unspecified atom stereocenters. The highest BCUT2D eigenvalue weighted by Gasteiger charge is 2.18. The maximum absolute atomic E-state index is 13.0. The summed E-state index contributed by atoms with van der Waals surface area (Å²) in [6.45, 7) is 0.732. The Kier molecular flexibility index (Phi) is 6.48. The lowest BCUT2D eigenvalue weighted by molar-refractivity contribution is 0.291. The topological polar surface area (TPSA) is 57.9 Å². The molecule has 0 amide bonds. The van der Waals surface area contributed by atoms with Crippen LogP contribution in [0.15, 0.2) is 112 Å². The number of methoxy groups -OCH3 is 1. The predicted molar refractivity (Wildman–Crippen MR) is 136 cm³/mol. The fourth-order valence-corrected chi connectivity index (χ4v) is 3.85. The van der Waals surface area contributed by atoms with E-state index in [2.05, 4.69) is 0 Å². The summed E-state index contributed by atoms with van der Waals surface area (Å²) in [6.07, 6.45) is 0. The van der Waals surface area contributed by atoms with Crippen LogP contribution >= 0.6 is 0 Å². The van der Waals surface area contributed by atoms with Gasteiger partial charge in [0, 0.05) is 6.07 Å². The van der Waals surface area contributed by atoms with E-state index >= 15 is 0 Å². The Balaban J connectivity index is 1.57. The Hall–Kier alpha value is -4.51. The highest BCUT2D eigenvalue weighted by Crippen LogP contribution is 2.40. The Morgan fingerprint density at radius 2 is 1.29 bits per heavy atom. The number of benzene rings is 4. The molecular formula is C30H24O5. The first kappa shape index (κ1) is 22.3. The Bertz CT molecular complexity index is 1430. The summed E-state index contributed by atoms with van der Waals surface area (Å²) >= 11 is 0. The smallest absolute Gasteiger partial charge is 0.193 e. The van der Waals surface area contributed by atoms with Crippen molar-refractivity contribution in [2.45, 2.75) is 13.2 Å². The second-order valence-electron chi connectivity index (χ2n) is 8.01. The van der Waals surface area contributed by atoms with Gasteiger partial charge in [-0.25, -0.2) is 0 Å². The third kappa shape index (κ3) is 5.04. The Morgan fingerprint density at radius 3 is 1.86 bits per heavy atom. The van der Waals surface area contributed by atoms with Crippen molar-refractivity contribution in [2.75, 3.05) is 7.11 Å². The van der Waals surface area contributed by atoms with Crippen LogP contribution in [0.2, 0.25) is 0 Å². The summed E-state index contributed by atoms with van der Waals surface area (Å²) in [4.78, 5) is 13.0. The molecule has 0 aliphatic rings. The maximum Gasteiger partial charge on any atom is 0.193 e. The van der Waals surface area contributed by atoms with Crippen LogP contribution in [0.4, 0.5) is 0 Å². The zero-order valence-corrected chi connectivity index (χ0v) is 19.3. The summed E-state index contributed by atoms with van der Waals surface area (Å²) < 4.78 is 23.8. The molecule has 5 aromatic rings. The van der Waals surface area contributed by atoms with E-state index in [0.717, 1.165) is 11.1 Å².